The van der Waals surface area contributed by atoms with Crippen LogP contribution >= 0.6 is 23.2 Å². The molecule has 0 saturated carbocycles. The molecule has 2 atom stereocenters. The molecule has 0 amide bonds. The summed E-state index contributed by atoms with van der Waals surface area (Å²) in [4.78, 5) is 0. The molecule has 1 rings (SSSR count). The standard InChI is InChI=1S/C10H14Cl2N2O2/c1-14-4-8(15)10(16)6-2-5(11)3-7(12)9(6)13/h2-3,8,10,14-16H,4,13H2,1H3. The molecule has 0 spiro atoms. The molecule has 0 heterocycles. The fourth-order valence-corrected chi connectivity index (χ4v) is 1.89. The van der Waals surface area contributed by atoms with E-state index in [0.29, 0.717) is 10.6 Å². The van der Waals surface area contributed by atoms with Crippen molar-refractivity contribution in [2.75, 3.05) is 19.3 Å². The summed E-state index contributed by atoms with van der Waals surface area (Å²) in [5.74, 6) is 0. The van der Waals surface area contributed by atoms with Gasteiger partial charge in [0, 0.05) is 17.1 Å². The van der Waals surface area contributed by atoms with E-state index in [2.05, 4.69) is 5.32 Å². The highest BCUT2D eigenvalue weighted by Crippen LogP contribution is 2.32. The van der Waals surface area contributed by atoms with Gasteiger partial charge in [-0.1, -0.05) is 23.2 Å². The van der Waals surface area contributed by atoms with Crippen LogP contribution in [0.3, 0.4) is 0 Å². The third kappa shape index (κ3) is 2.99. The van der Waals surface area contributed by atoms with Crippen LogP contribution in [0.4, 0.5) is 5.69 Å². The van der Waals surface area contributed by atoms with Crippen LogP contribution in [0.5, 0.6) is 0 Å². The van der Waals surface area contributed by atoms with Gasteiger partial charge >= 0.3 is 0 Å². The van der Waals surface area contributed by atoms with Crippen LogP contribution < -0.4 is 11.1 Å². The van der Waals surface area contributed by atoms with Crippen molar-refractivity contribution in [1.29, 1.82) is 0 Å². The van der Waals surface area contributed by atoms with Crippen LogP contribution in [0.1, 0.15) is 11.7 Å². The molecule has 5 N–H and O–H groups in total. The van der Waals surface area contributed by atoms with E-state index in [1.54, 1.807) is 7.05 Å². The van der Waals surface area contributed by atoms with Crippen molar-refractivity contribution in [2.45, 2.75) is 12.2 Å². The molecule has 0 aliphatic heterocycles. The first-order valence-corrected chi connectivity index (χ1v) is 5.48. The second kappa shape index (κ2) is 5.70. The second-order valence-corrected chi connectivity index (χ2v) is 4.30. The predicted molar refractivity (Wildman–Crippen MR) is 65.8 cm³/mol. The van der Waals surface area contributed by atoms with E-state index in [1.807, 2.05) is 0 Å². The van der Waals surface area contributed by atoms with E-state index in [-0.39, 0.29) is 17.3 Å². The number of halogens is 2. The molecule has 0 fully saturated rings. The Labute approximate surface area is 104 Å². The van der Waals surface area contributed by atoms with Crippen LogP contribution in [0, 0.1) is 0 Å². The predicted octanol–water partition coefficient (Wildman–Crippen LogP) is 1.19. The van der Waals surface area contributed by atoms with E-state index in [4.69, 9.17) is 28.9 Å². The number of likely N-dealkylation sites (N-methyl/N-ethyl adjacent to an activating group) is 1. The Morgan fingerprint density at radius 1 is 1.38 bits per heavy atom. The van der Waals surface area contributed by atoms with Gasteiger partial charge in [0.2, 0.25) is 0 Å². The highest BCUT2D eigenvalue weighted by atomic mass is 35.5. The van der Waals surface area contributed by atoms with E-state index in [1.165, 1.54) is 12.1 Å². The zero-order chi connectivity index (χ0) is 12.3. The number of rotatable bonds is 4. The zero-order valence-electron chi connectivity index (χ0n) is 8.74. The SMILES string of the molecule is CNCC(O)C(O)c1cc(Cl)cc(Cl)c1N. The number of hydrogen-bond acceptors (Lipinski definition) is 4. The monoisotopic (exact) mass is 264 g/mol. The lowest BCUT2D eigenvalue weighted by molar-refractivity contribution is 0.0207. The highest BCUT2D eigenvalue weighted by molar-refractivity contribution is 6.36. The molecule has 0 aliphatic carbocycles. The van der Waals surface area contributed by atoms with Crippen LogP contribution in [-0.2, 0) is 0 Å². The largest absolute Gasteiger partial charge is 0.397 e. The lowest BCUT2D eigenvalue weighted by Crippen LogP contribution is -2.30. The Bertz CT molecular complexity index is 374. The van der Waals surface area contributed by atoms with Crippen LogP contribution in [0.15, 0.2) is 12.1 Å². The molecule has 0 aliphatic rings. The van der Waals surface area contributed by atoms with Gasteiger partial charge in [0.15, 0.2) is 0 Å². The molecule has 0 bridgehead atoms. The number of nitrogens with one attached hydrogen (secondary N) is 1. The summed E-state index contributed by atoms with van der Waals surface area (Å²) in [5.41, 5.74) is 6.27. The number of nitrogen functional groups attached to an aromatic ring is 1. The van der Waals surface area contributed by atoms with Crippen molar-refractivity contribution < 1.29 is 10.2 Å². The fraction of sp³-hybridized carbons (Fsp3) is 0.400. The quantitative estimate of drug-likeness (QED) is 0.617. The Hall–Kier alpha value is -0.520. The van der Waals surface area contributed by atoms with E-state index >= 15 is 0 Å². The number of aliphatic hydroxyl groups is 2. The first kappa shape index (κ1) is 13.5. The molecule has 0 aromatic heterocycles. The number of anilines is 1. The normalized spacial score (nSPS) is 14.8. The molecular weight excluding hydrogens is 251 g/mol. The van der Waals surface area contributed by atoms with Crippen molar-refractivity contribution in [1.82, 2.24) is 5.32 Å². The van der Waals surface area contributed by atoms with Crippen molar-refractivity contribution in [3.8, 4) is 0 Å². The molecular formula is C10H14Cl2N2O2. The minimum Gasteiger partial charge on any atom is -0.397 e. The fourth-order valence-electron chi connectivity index (χ4n) is 1.38. The summed E-state index contributed by atoms with van der Waals surface area (Å²) >= 11 is 11.6. The van der Waals surface area contributed by atoms with Crippen LogP contribution in [-0.4, -0.2) is 29.9 Å². The van der Waals surface area contributed by atoms with Crippen LogP contribution in [0.2, 0.25) is 10.0 Å². The van der Waals surface area contributed by atoms with Crippen molar-refractivity contribution in [3.05, 3.63) is 27.7 Å². The minimum atomic E-state index is -1.12. The van der Waals surface area contributed by atoms with Gasteiger partial charge in [-0.3, -0.25) is 0 Å². The molecule has 16 heavy (non-hydrogen) atoms. The van der Waals surface area contributed by atoms with E-state index < -0.39 is 12.2 Å². The number of hydrogen-bond donors (Lipinski definition) is 4. The van der Waals surface area contributed by atoms with Gasteiger partial charge in [-0.05, 0) is 19.2 Å². The third-order valence-electron chi connectivity index (χ3n) is 2.22. The van der Waals surface area contributed by atoms with E-state index in [9.17, 15) is 10.2 Å². The number of nitrogens with two attached hydrogens (primary N) is 1. The van der Waals surface area contributed by atoms with Crippen molar-refractivity contribution in [3.63, 3.8) is 0 Å². The minimum absolute atomic E-state index is 0.230. The van der Waals surface area contributed by atoms with Gasteiger partial charge in [0.25, 0.3) is 0 Å². The first-order chi connectivity index (χ1) is 7.47. The maximum atomic E-state index is 9.86. The summed E-state index contributed by atoms with van der Waals surface area (Å²) in [5, 5.41) is 22.9. The smallest absolute Gasteiger partial charge is 0.108 e. The average molecular weight is 265 g/mol. The molecule has 90 valence electrons. The molecule has 4 nitrogen and oxygen atoms in total. The molecule has 2 unspecified atom stereocenters. The molecule has 0 saturated heterocycles. The summed E-state index contributed by atoms with van der Waals surface area (Å²) in [6, 6.07) is 2.98. The zero-order valence-corrected chi connectivity index (χ0v) is 10.3. The van der Waals surface area contributed by atoms with Gasteiger partial charge in [-0.2, -0.15) is 0 Å². The van der Waals surface area contributed by atoms with Crippen molar-refractivity contribution in [2.24, 2.45) is 0 Å². The van der Waals surface area contributed by atoms with Gasteiger partial charge in [0.1, 0.15) is 6.10 Å². The molecule has 0 radical (unpaired) electrons. The third-order valence-corrected chi connectivity index (χ3v) is 2.75. The Morgan fingerprint density at radius 2 is 2.00 bits per heavy atom. The maximum absolute atomic E-state index is 9.86. The van der Waals surface area contributed by atoms with Crippen LogP contribution in [0.25, 0.3) is 0 Å². The lowest BCUT2D eigenvalue weighted by Gasteiger charge is -2.20. The molecule has 1 aromatic rings. The Balaban J connectivity index is 3.03. The Kier molecular flexibility index (Phi) is 4.83. The second-order valence-electron chi connectivity index (χ2n) is 3.46. The lowest BCUT2D eigenvalue weighted by atomic mass is 10.0. The molecule has 6 heteroatoms. The van der Waals surface area contributed by atoms with Gasteiger partial charge in [-0.25, -0.2) is 0 Å². The van der Waals surface area contributed by atoms with Crippen molar-refractivity contribution >= 4 is 28.9 Å². The highest BCUT2D eigenvalue weighted by Gasteiger charge is 2.21. The summed E-state index contributed by atoms with van der Waals surface area (Å²) < 4.78 is 0. The van der Waals surface area contributed by atoms with Gasteiger partial charge in [-0.15, -0.1) is 0 Å². The number of benzene rings is 1. The topological polar surface area (TPSA) is 78.5 Å². The average Bonchev–Trinajstić information content (AvgIpc) is 2.22. The first-order valence-electron chi connectivity index (χ1n) is 4.72. The Morgan fingerprint density at radius 3 is 2.56 bits per heavy atom. The number of aliphatic hydroxyl groups excluding tert-OH is 2. The summed E-state index contributed by atoms with van der Waals surface area (Å²) in [6.07, 6.45) is -2.09. The van der Waals surface area contributed by atoms with Gasteiger partial charge in [0.05, 0.1) is 16.8 Å². The molecule has 1 aromatic carbocycles. The summed E-state index contributed by atoms with van der Waals surface area (Å²) in [7, 11) is 1.67. The van der Waals surface area contributed by atoms with E-state index in [0.717, 1.165) is 0 Å². The summed E-state index contributed by atoms with van der Waals surface area (Å²) in [6.45, 7) is 0.241. The van der Waals surface area contributed by atoms with Gasteiger partial charge < -0.3 is 21.3 Å². The maximum Gasteiger partial charge on any atom is 0.108 e.